The van der Waals surface area contributed by atoms with Crippen molar-refractivity contribution >= 4 is 11.6 Å². The fourth-order valence-corrected chi connectivity index (χ4v) is 3.99. The van der Waals surface area contributed by atoms with E-state index < -0.39 is 0 Å². The molecule has 0 unspecified atom stereocenters. The summed E-state index contributed by atoms with van der Waals surface area (Å²) >= 11 is 0. The van der Waals surface area contributed by atoms with Crippen molar-refractivity contribution in [1.29, 1.82) is 0 Å². The quantitative estimate of drug-likeness (QED) is 0.704. The third-order valence-electron chi connectivity index (χ3n) is 5.43. The van der Waals surface area contributed by atoms with Crippen LogP contribution >= 0.6 is 0 Å². The summed E-state index contributed by atoms with van der Waals surface area (Å²) < 4.78 is 0. The van der Waals surface area contributed by atoms with Crippen LogP contribution in [0.4, 0.5) is 5.69 Å². The van der Waals surface area contributed by atoms with Crippen LogP contribution in [0.1, 0.15) is 36.1 Å². The number of hydrogen-bond donors (Lipinski definition) is 1. The number of nitrogens with one attached hydrogen (secondary N) is 1. The first-order valence-corrected chi connectivity index (χ1v) is 9.99. The summed E-state index contributed by atoms with van der Waals surface area (Å²) in [4.78, 5) is 15.3. The molecule has 0 fully saturated rings. The van der Waals surface area contributed by atoms with Crippen LogP contribution in [0, 0.1) is 0 Å². The second kappa shape index (κ2) is 8.41. The summed E-state index contributed by atoms with van der Waals surface area (Å²) in [5.74, 6) is 0.129. The molecule has 0 aliphatic carbocycles. The second-order valence-corrected chi connectivity index (χ2v) is 7.36. The van der Waals surface area contributed by atoms with Crippen molar-refractivity contribution in [3.8, 4) is 0 Å². The zero-order chi connectivity index (χ0) is 19.3. The molecular weight excluding hydrogens is 344 g/mol. The van der Waals surface area contributed by atoms with Gasteiger partial charge in [-0.25, -0.2) is 0 Å². The minimum absolute atomic E-state index is 0.0265. The number of anilines is 1. The van der Waals surface area contributed by atoms with E-state index in [0.717, 1.165) is 36.2 Å². The predicted molar refractivity (Wildman–Crippen MR) is 114 cm³/mol. The molecule has 1 aliphatic rings. The SMILES string of the molecule is C[C@@H](NC(c1ccccc1)c1ccccc1)C(=O)N1CCCc2ccccc21. The molecule has 0 aromatic heterocycles. The molecule has 0 saturated carbocycles. The van der Waals surface area contributed by atoms with Crippen molar-refractivity contribution in [2.45, 2.75) is 31.8 Å². The number of amides is 1. The predicted octanol–water partition coefficient (Wildman–Crippen LogP) is 4.73. The lowest BCUT2D eigenvalue weighted by Crippen LogP contribution is -2.48. The van der Waals surface area contributed by atoms with E-state index in [1.165, 1.54) is 5.56 Å². The van der Waals surface area contributed by atoms with Gasteiger partial charge in [-0.05, 0) is 42.5 Å². The van der Waals surface area contributed by atoms with Gasteiger partial charge in [0.05, 0.1) is 12.1 Å². The van der Waals surface area contributed by atoms with E-state index >= 15 is 0 Å². The monoisotopic (exact) mass is 370 g/mol. The van der Waals surface area contributed by atoms with Crippen LogP contribution in [0.2, 0.25) is 0 Å². The number of rotatable bonds is 5. The van der Waals surface area contributed by atoms with Crippen LogP contribution < -0.4 is 10.2 Å². The molecule has 28 heavy (non-hydrogen) atoms. The highest BCUT2D eigenvalue weighted by Crippen LogP contribution is 2.28. The first-order chi connectivity index (χ1) is 13.7. The van der Waals surface area contributed by atoms with Gasteiger partial charge >= 0.3 is 0 Å². The van der Waals surface area contributed by atoms with Crippen molar-refractivity contribution in [3.05, 3.63) is 102 Å². The van der Waals surface area contributed by atoms with Gasteiger partial charge in [-0.15, -0.1) is 0 Å². The van der Waals surface area contributed by atoms with E-state index in [1.807, 2.05) is 54.3 Å². The Morgan fingerprint density at radius 3 is 2.07 bits per heavy atom. The van der Waals surface area contributed by atoms with Crippen molar-refractivity contribution < 1.29 is 4.79 Å². The van der Waals surface area contributed by atoms with E-state index in [-0.39, 0.29) is 18.0 Å². The topological polar surface area (TPSA) is 32.3 Å². The average molecular weight is 370 g/mol. The van der Waals surface area contributed by atoms with Gasteiger partial charge in [-0.3, -0.25) is 10.1 Å². The van der Waals surface area contributed by atoms with Crippen LogP contribution in [0.5, 0.6) is 0 Å². The Morgan fingerprint density at radius 2 is 1.43 bits per heavy atom. The zero-order valence-corrected chi connectivity index (χ0v) is 16.2. The number of benzene rings is 3. The summed E-state index contributed by atoms with van der Waals surface area (Å²) in [6.45, 7) is 2.75. The lowest BCUT2D eigenvalue weighted by molar-refractivity contribution is -0.120. The fourth-order valence-electron chi connectivity index (χ4n) is 3.99. The van der Waals surface area contributed by atoms with E-state index in [2.05, 4.69) is 47.8 Å². The summed E-state index contributed by atoms with van der Waals surface area (Å²) in [6, 6.07) is 28.6. The van der Waals surface area contributed by atoms with Gasteiger partial charge in [0.25, 0.3) is 0 Å². The van der Waals surface area contributed by atoms with Crippen LogP contribution in [-0.4, -0.2) is 18.5 Å². The van der Waals surface area contributed by atoms with Crippen molar-refractivity contribution in [3.63, 3.8) is 0 Å². The highest BCUT2D eigenvalue weighted by molar-refractivity contribution is 5.98. The first kappa shape index (κ1) is 18.5. The molecule has 3 nitrogen and oxygen atoms in total. The second-order valence-electron chi connectivity index (χ2n) is 7.36. The van der Waals surface area contributed by atoms with Gasteiger partial charge in [0, 0.05) is 12.2 Å². The fraction of sp³-hybridized carbons (Fsp3) is 0.240. The molecular formula is C25H26N2O. The number of fused-ring (bicyclic) bond motifs is 1. The molecule has 3 heteroatoms. The number of aryl methyl sites for hydroxylation is 1. The lowest BCUT2D eigenvalue weighted by atomic mass is 9.97. The van der Waals surface area contributed by atoms with Crippen LogP contribution in [0.15, 0.2) is 84.9 Å². The van der Waals surface area contributed by atoms with Gasteiger partial charge in [0.1, 0.15) is 0 Å². The first-order valence-electron chi connectivity index (χ1n) is 9.99. The largest absolute Gasteiger partial charge is 0.311 e. The Morgan fingerprint density at radius 1 is 0.857 bits per heavy atom. The highest BCUT2D eigenvalue weighted by atomic mass is 16.2. The molecule has 142 valence electrons. The van der Waals surface area contributed by atoms with Gasteiger partial charge in [-0.1, -0.05) is 78.9 Å². The molecule has 1 atom stereocenters. The van der Waals surface area contributed by atoms with Gasteiger partial charge < -0.3 is 4.90 Å². The molecule has 1 aliphatic heterocycles. The minimum Gasteiger partial charge on any atom is -0.311 e. The van der Waals surface area contributed by atoms with Crippen molar-refractivity contribution in [2.75, 3.05) is 11.4 Å². The van der Waals surface area contributed by atoms with Gasteiger partial charge in [0.15, 0.2) is 0 Å². The Labute approximate surface area is 167 Å². The number of carbonyl (C=O) groups excluding carboxylic acids is 1. The van der Waals surface area contributed by atoms with Gasteiger partial charge in [0.2, 0.25) is 5.91 Å². The molecule has 3 aromatic carbocycles. The summed E-state index contributed by atoms with van der Waals surface area (Å²) in [5.41, 5.74) is 4.64. The maximum atomic E-state index is 13.3. The molecule has 0 spiro atoms. The third-order valence-corrected chi connectivity index (χ3v) is 5.43. The average Bonchev–Trinajstić information content (AvgIpc) is 2.77. The Bertz CT molecular complexity index is 884. The Kier molecular flexibility index (Phi) is 5.54. The zero-order valence-electron chi connectivity index (χ0n) is 16.2. The highest BCUT2D eigenvalue weighted by Gasteiger charge is 2.28. The Balaban J connectivity index is 1.58. The van der Waals surface area contributed by atoms with Crippen LogP contribution in [0.3, 0.4) is 0 Å². The van der Waals surface area contributed by atoms with Crippen LogP contribution in [-0.2, 0) is 11.2 Å². The normalized spacial score (nSPS) is 14.6. The summed E-state index contributed by atoms with van der Waals surface area (Å²) in [5, 5.41) is 3.59. The molecule has 3 aromatic rings. The molecule has 0 radical (unpaired) electrons. The van der Waals surface area contributed by atoms with Crippen molar-refractivity contribution in [1.82, 2.24) is 5.32 Å². The lowest BCUT2D eigenvalue weighted by Gasteiger charge is -2.33. The molecule has 1 N–H and O–H groups in total. The molecule has 0 bridgehead atoms. The minimum atomic E-state index is -0.295. The maximum absolute atomic E-state index is 13.3. The molecule has 1 heterocycles. The molecule has 0 saturated heterocycles. The van der Waals surface area contributed by atoms with E-state index in [4.69, 9.17) is 0 Å². The van der Waals surface area contributed by atoms with Crippen molar-refractivity contribution in [2.24, 2.45) is 0 Å². The summed E-state index contributed by atoms with van der Waals surface area (Å²) in [6.07, 6.45) is 2.05. The third kappa shape index (κ3) is 3.85. The smallest absolute Gasteiger partial charge is 0.243 e. The van der Waals surface area contributed by atoms with E-state index in [1.54, 1.807) is 0 Å². The number of carbonyl (C=O) groups is 1. The van der Waals surface area contributed by atoms with Crippen LogP contribution in [0.25, 0.3) is 0 Å². The maximum Gasteiger partial charge on any atom is 0.243 e. The molecule has 1 amide bonds. The van der Waals surface area contributed by atoms with E-state index in [9.17, 15) is 4.79 Å². The standard InChI is InChI=1S/C25H26N2O/c1-19(25(28)27-18-10-16-20-11-8-9-17-23(20)27)26-24(21-12-4-2-5-13-21)22-14-6-3-7-15-22/h2-9,11-15,17,19,24,26H,10,16,18H2,1H3/t19-/m1/s1. The van der Waals surface area contributed by atoms with E-state index in [0.29, 0.717) is 0 Å². The number of nitrogens with zero attached hydrogens (tertiary/aromatic N) is 1. The molecule has 4 rings (SSSR count). The van der Waals surface area contributed by atoms with Gasteiger partial charge in [-0.2, -0.15) is 0 Å². The number of hydrogen-bond acceptors (Lipinski definition) is 2. The Hall–Kier alpha value is -2.91. The number of para-hydroxylation sites is 1. The summed E-state index contributed by atoms with van der Waals surface area (Å²) in [7, 11) is 0.